The summed E-state index contributed by atoms with van der Waals surface area (Å²) in [5, 5.41) is 5.69. The minimum Gasteiger partial charge on any atom is -0.492 e. The van der Waals surface area contributed by atoms with E-state index in [1.807, 2.05) is 39.8 Å². The van der Waals surface area contributed by atoms with Gasteiger partial charge in [0.1, 0.15) is 10.6 Å². The van der Waals surface area contributed by atoms with Gasteiger partial charge in [-0.15, -0.1) is 0 Å². The number of rotatable bonds is 8. The number of sulfonamides is 2. The summed E-state index contributed by atoms with van der Waals surface area (Å²) < 4.78 is 67.7. The number of aryl methyl sites for hydroxylation is 2. The standard InChI is InChI=1S/C29H42N2O6S2/c1-6-20-8-11-26-22(16-20)9-10-23(7-2)31(26)39(34,35)24-17-25(29(3,4)5)28(27(18-24)38(30,32)33)37-19-21-12-14-36-15-13-21/h8,11,16-18,21,23H,6-7,9-10,12-15,19H2,1-5H3,(H2,30,32,33). The highest BCUT2D eigenvalue weighted by Crippen LogP contribution is 2.42. The van der Waals surface area contributed by atoms with E-state index in [0.29, 0.717) is 43.9 Å². The van der Waals surface area contributed by atoms with Crippen molar-refractivity contribution in [2.75, 3.05) is 24.1 Å². The van der Waals surface area contributed by atoms with E-state index < -0.39 is 25.5 Å². The van der Waals surface area contributed by atoms with Gasteiger partial charge < -0.3 is 9.47 Å². The van der Waals surface area contributed by atoms with Crippen LogP contribution in [0.4, 0.5) is 5.69 Å². The topological polar surface area (TPSA) is 116 Å². The number of nitrogens with zero attached hydrogens (tertiary/aromatic N) is 1. The lowest BCUT2D eigenvalue weighted by Crippen LogP contribution is -2.43. The number of hydrogen-bond acceptors (Lipinski definition) is 6. The van der Waals surface area contributed by atoms with E-state index in [0.717, 1.165) is 36.8 Å². The Morgan fingerprint density at radius 1 is 1.03 bits per heavy atom. The van der Waals surface area contributed by atoms with Crippen molar-refractivity contribution >= 4 is 25.7 Å². The summed E-state index contributed by atoms with van der Waals surface area (Å²) in [4.78, 5) is -0.395. The molecule has 2 aliphatic heterocycles. The second-order valence-electron chi connectivity index (χ2n) is 11.7. The van der Waals surface area contributed by atoms with Gasteiger partial charge in [-0.1, -0.05) is 46.8 Å². The largest absolute Gasteiger partial charge is 0.492 e. The minimum atomic E-state index is -4.30. The van der Waals surface area contributed by atoms with E-state index in [1.54, 1.807) is 6.07 Å². The van der Waals surface area contributed by atoms with Gasteiger partial charge in [-0.25, -0.2) is 22.0 Å². The molecule has 216 valence electrons. The maximum absolute atomic E-state index is 14.4. The highest BCUT2D eigenvalue weighted by molar-refractivity contribution is 7.93. The van der Waals surface area contributed by atoms with Crippen molar-refractivity contribution < 1.29 is 26.3 Å². The first-order valence-electron chi connectivity index (χ1n) is 13.9. The van der Waals surface area contributed by atoms with Gasteiger partial charge in [0.05, 0.1) is 17.2 Å². The molecule has 1 fully saturated rings. The Labute approximate surface area is 234 Å². The van der Waals surface area contributed by atoms with Gasteiger partial charge in [-0.05, 0) is 79.2 Å². The molecular weight excluding hydrogens is 536 g/mol. The molecule has 0 spiro atoms. The van der Waals surface area contributed by atoms with Crippen LogP contribution in [0, 0.1) is 5.92 Å². The Hall–Kier alpha value is -2.14. The highest BCUT2D eigenvalue weighted by atomic mass is 32.2. The molecule has 0 aliphatic carbocycles. The van der Waals surface area contributed by atoms with Gasteiger partial charge in [0.2, 0.25) is 10.0 Å². The monoisotopic (exact) mass is 578 g/mol. The van der Waals surface area contributed by atoms with E-state index >= 15 is 0 Å². The third-order valence-electron chi connectivity index (χ3n) is 7.84. The van der Waals surface area contributed by atoms with E-state index in [4.69, 9.17) is 14.6 Å². The van der Waals surface area contributed by atoms with Gasteiger partial charge in [0.15, 0.2) is 0 Å². The number of hydrogen-bond donors (Lipinski definition) is 1. The fourth-order valence-corrected chi connectivity index (χ4v) is 8.11. The summed E-state index contributed by atoms with van der Waals surface area (Å²) in [6.07, 6.45) is 4.61. The Kier molecular flexibility index (Phi) is 8.71. The predicted molar refractivity (Wildman–Crippen MR) is 153 cm³/mol. The molecule has 10 heteroatoms. The molecule has 39 heavy (non-hydrogen) atoms. The zero-order chi connectivity index (χ0) is 28.6. The Morgan fingerprint density at radius 2 is 1.72 bits per heavy atom. The molecule has 2 heterocycles. The molecule has 8 nitrogen and oxygen atoms in total. The summed E-state index contributed by atoms with van der Waals surface area (Å²) in [5.41, 5.74) is 2.67. The molecule has 2 aromatic carbocycles. The van der Waals surface area contributed by atoms with Gasteiger partial charge in [0, 0.05) is 24.8 Å². The highest BCUT2D eigenvalue weighted by Gasteiger charge is 2.38. The predicted octanol–water partition coefficient (Wildman–Crippen LogP) is 4.92. The molecule has 2 aromatic rings. The molecule has 1 saturated heterocycles. The summed E-state index contributed by atoms with van der Waals surface area (Å²) in [7, 11) is -8.44. The fourth-order valence-electron chi connectivity index (χ4n) is 5.48. The van der Waals surface area contributed by atoms with E-state index in [2.05, 4.69) is 13.0 Å². The van der Waals surface area contributed by atoms with Crippen molar-refractivity contribution in [3.05, 3.63) is 47.0 Å². The summed E-state index contributed by atoms with van der Waals surface area (Å²) >= 11 is 0. The third-order valence-corrected chi connectivity index (χ3v) is 10.6. The number of benzene rings is 2. The number of primary sulfonamides is 1. The lowest BCUT2D eigenvalue weighted by molar-refractivity contribution is 0.0490. The van der Waals surface area contributed by atoms with Gasteiger partial charge in [-0.2, -0.15) is 0 Å². The van der Waals surface area contributed by atoms with Crippen LogP contribution in [-0.4, -0.2) is 42.7 Å². The normalized spacial score (nSPS) is 19.1. The molecule has 1 unspecified atom stereocenters. The SMILES string of the molecule is CCc1ccc2c(c1)CCC(CC)N2S(=O)(=O)c1cc(C(C)(C)C)c(OCC2CCOCC2)c(S(N)(=O)=O)c1. The first kappa shape index (κ1) is 29.8. The number of ether oxygens (including phenoxy) is 2. The van der Waals surface area contributed by atoms with Crippen molar-refractivity contribution in [1.29, 1.82) is 0 Å². The molecule has 0 bridgehead atoms. The zero-order valence-electron chi connectivity index (χ0n) is 23.7. The van der Waals surface area contributed by atoms with Crippen LogP contribution in [0.1, 0.15) is 77.0 Å². The molecule has 2 aliphatic rings. The van der Waals surface area contributed by atoms with Crippen LogP contribution in [-0.2, 0) is 43.0 Å². The maximum atomic E-state index is 14.4. The number of fused-ring (bicyclic) bond motifs is 1. The fraction of sp³-hybridized carbons (Fsp3) is 0.586. The second kappa shape index (κ2) is 11.4. The molecule has 0 aromatic heterocycles. The van der Waals surface area contributed by atoms with Crippen LogP contribution in [0.5, 0.6) is 5.75 Å². The van der Waals surface area contributed by atoms with Crippen LogP contribution in [0.15, 0.2) is 40.1 Å². The Morgan fingerprint density at radius 3 is 2.31 bits per heavy atom. The third kappa shape index (κ3) is 6.29. The molecular formula is C29H42N2O6S2. The lowest BCUT2D eigenvalue weighted by atomic mass is 9.86. The van der Waals surface area contributed by atoms with Crippen LogP contribution in [0.2, 0.25) is 0 Å². The smallest absolute Gasteiger partial charge is 0.264 e. The van der Waals surface area contributed by atoms with Gasteiger partial charge in [0.25, 0.3) is 10.0 Å². The van der Waals surface area contributed by atoms with Crippen molar-refractivity contribution in [3.63, 3.8) is 0 Å². The molecule has 1 atom stereocenters. The van der Waals surface area contributed by atoms with Gasteiger partial charge in [-0.3, -0.25) is 4.31 Å². The Balaban J connectivity index is 1.87. The van der Waals surface area contributed by atoms with Crippen LogP contribution < -0.4 is 14.2 Å². The first-order valence-corrected chi connectivity index (χ1v) is 16.8. The molecule has 0 amide bonds. The summed E-state index contributed by atoms with van der Waals surface area (Å²) in [6.45, 7) is 11.3. The van der Waals surface area contributed by atoms with E-state index in [9.17, 15) is 16.8 Å². The van der Waals surface area contributed by atoms with E-state index in [-0.39, 0.29) is 27.5 Å². The van der Waals surface area contributed by atoms with Crippen molar-refractivity contribution in [3.8, 4) is 5.75 Å². The minimum absolute atomic E-state index is 0.0965. The van der Waals surface area contributed by atoms with Gasteiger partial charge >= 0.3 is 0 Å². The quantitative estimate of drug-likeness (QED) is 0.475. The Bertz CT molecular complexity index is 1410. The molecule has 0 radical (unpaired) electrons. The van der Waals surface area contributed by atoms with Crippen LogP contribution in [0.3, 0.4) is 0 Å². The zero-order valence-corrected chi connectivity index (χ0v) is 25.3. The van der Waals surface area contributed by atoms with Crippen LogP contribution in [0.25, 0.3) is 0 Å². The first-order chi connectivity index (χ1) is 18.3. The summed E-state index contributed by atoms with van der Waals surface area (Å²) in [5.74, 6) is 0.348. The molecule has 2 N–H and O–H groups in total. The number of anilines is 1. The maximum Gasteiger partial charge on any atom is 0.264 e. The van der Waals surface area contributed by atoms with Crippen molar-refractivity contribution in [2.24, 2.45) is 11.1 Å². The molecule has 4 rings (SSSR count). The lowest BCUT2D eigenvalue weighted by Gasteiger charge is -2.38. The molecule has 0 saturated carbocycles. The number of nitrogens with two attached hydrogens (primary N) is 1. The second-order valence-corrected chi connectivity index (χ2v) is 15.0. The average Bonchev–Trinajstić information content (AvgIpc) is 2.89. The average molecular weight is 579 g/mol. The van der Waals surface area contributed by atoms with Crippen molar-refractivity contribution in [1.82, 2.24) is 0 Å². The van der Waals surface area contributed by atoms with E-state index in [1.165, 1.54) is 10.4 Å². The van der Waals surface area contributed by atoms with Crippen LogP contribution >= 0.6 is 0 Å². The summed E-state index contributed by atoms with van der Waals surface area (Å²) in [6, 6.07) is 8.43. The van der Waals surface area contributed by atoms with Crippen molar-refractivity contribution in [2.45, 2.75) is 94.4 Å².